The van der Waals surface area contributed by atoms with E-state index in [0.717, 1.165) is 41.3 Å². The minimum Gasteiger partial charge on any atom is -0.390 e. The molecule has 1 aromatic rings. The van der Waals surface area contributed by atoms with Crippen LogP contribution in [0.15, 0.2) is 30.3 Å². The summed E-state index contributed by atoms with van der Waals surface area (Å²) in [5, 5.41) is 27.4. The fourth-order valence-corrected chi connectivity index (χ4v) is 7.59. The fraction of sp³-hybridized carbons (Fsp3) is 0.714. The summed E-state index contributed by atoms with van der Waals surface area (Å²) in [6.45, 7) is 2.21. The zero-order chi connectivity index (χ0) is 36.8. The molecule has 0 saturated heterocycles. The Morgan fingerprint density at radius 3 is 2.22 bits per heavy atom. The first-order valence-corrected chi connectivity index (χ1v) is 18.7. The molecule has 14 heteroatoms. The van der Waals surface area contributed by atoms with Crippen molar-refractivity contribution in [3.8, 4) is 12.3 Å². The van der Waals surface area contributed by atoms with Crippen LogP contribution in [0.4, 0.5) is 13.2 Å². The van der Waals surface area contributed by atoms with E-state index in [9.17, 15) is 41.4 Å². The summed E-state index contributed by atoms with van der Waals surface area (Å²) in [6.07, 6.45) is 4.43. The Morgan fingerprint density at radius 1 is 1.02 bits per heavy atom. The largest absolute Gasteiger partial charge is 0.401 e. The number of carbonyl (C=O) groups excluding carboxylic acids is 2. The van der Waals surface area contributed by atoms with Crippen molar-refractivity contribution in [3.63, 3.8) is 0 Å². The molecule has 2 amide bonds. The third-order valence-electron chi connectivity index (χ3n) is 8.94. The number of aliphatic hydroxyl groups is 2. The van der Waals surface area contributed by atoms with Gasteiger partial charge >= 0.3 is 6.18 Å². The number of amides is 2. The second-order valence-electron chi connectivity index (χ2n) is 13.9. The summed E-state index contributed by atoms with van der Waals surface area (Å²) in [6, 6.07) is 6.65. The van der Waals surface area contributed by atoms with Gasteiger partial charge in [0, 0.05) is 26.6 Å². The molecule has 2 rings (SSSR count). The van der Waals surface area contributed by atoms with Crippen molar-refractivity contribution in [1.82, 2.24) is 19.8 Å². The van der Waals surface area contributed by atoms with E-state index in [0.29, 0.717) is 18.4 Å². The Balaban J connectivity index is 2.25. The predicted octanol–water partition coefficient (Wildman–Crippen LogP) is 3.33. The van der Waals surface area contributed by atoms with Gasteiger partial charge < -0.3 is 20.8 Å². The highest BCUT2D eigenvalue weighted by atomic mass is 32.2. The van der Waals surface area contributed by atoms with Gasteiger partial charge in [-0.05, 0) is 43.7 Å². The van der Waals surface area contributed by atoms with E-state index in [1.54, 1.807) is 30.3 Å². The smallest absolute Gasteiger partial charge is 0.390 e. The van der Waals surface area contributed by atoms with Crippen LogP contribution >= 0.6 is 0 Å². The van der Waals surface area contributed by atoms with Gasteiger partial charge in [0.15, 0.2) is 0 Å². The average molecular weight is 717 g/mol. The standard InChI is InChI=1S/C35H55F3N4O6S/c1-6-13-29(34(46)40-30(22-27-16-11-8-12-17-27)32(44)31(43)20-25(2)3)39-33(45)28(21-26-14-9-7-10-15-26)23-49(47,48)42(5)19-18-41(4)24-35(36,37)38/h1,7,9-10,14-15,25,27-32,43-44H,8,11-13,16-24H2,2-5H3,(H,39,45)(H,40,46)/t28-,29+,30?,31+,32-/m1/s1. The third-order valence-corrected chi connectivity index (χ3v) is 10.9. The number of hydrogen-bond donors (Lipinski definition) is 4. The summed E-state index contributed by atoms with van der Waals surface area (Å²) < 4.78 is 66.0. The highest BCUT2D eigenvalue weighted by Crippen LogP contribution is 2.29. The van der Waals surface area contributed by atoms with Crippen molar-refractivity contribution >= 4 is 21.8 Å². The molecule has 0 bridgehead atoms. The van der Waals surface area contributed by atoms with Gasteiger partial charge in [0.1, 0.15) is 12.1 Å². The maximum absolute atomic E-state index is 13.8. The minimum atomic E-state index is -4.44. The molecule has 1 unspecified atom stereocenters. The number of halogens is 3. The van der Waals surface area contributed by atoms with Crippen LogP contribution < -0.4 is 10.6 Å². The van der Waals surface area contributed by atoms with Crippen LogP contribution in [-0.4, -0.2) is 110 Å². The van der Waals surface area contributed by atoms with Gasteiger partial charge in [0.05, 0.1) is 30.4 Å². The average Bonchev–Trinajstić information content (AvgIpc) is 3.02. The monoisotopic (exact) mass is 716 g/mol. The molecule has 0 aromatic heterocycles. The van der Waals surface area contributed by atoms with Crippen molar-refractivity contribution in [3.05, 3.63) is 35.9 Å². The molecule has 5 atom stereocenters. The van der Waals surface area contributed by atoms with Gasteiger partial charge in [-0.15, -0.1) is 12.3 Å². The zero-order valence-electron chi connectivity index (χ0n) is 29.2. The Labute approximate surface area is 290 Å². The van der Waals surface area contributed by atoms with Crippen molar-refractivity contribution < 1.29 is 41.4 Å². The van der Waals surface area contributed by atoms with E-state index in [2.05, 4.69) is 16.6 Å². The number of nitrogens with zero attached hydrogens (tertiary/aromatic N) is 2. The molecule has 1 aliphatic rings. The van der Waals surface area contributed by atoms with Gasteiger partial charge in [0.2, 0.25) is 21.8 Å². The van der Waals surface area contributed by atoms with E-state index in [1.165, 1.54) is 14.1 Å². The van der Waals surface area contributed by atoms with E-state index in [4.69, 9.17) is 6.42 Å². The Bertz CT molecular complexity index is 1300. The molecule has 0 spiro atoms. The first kappa shape index (κ1) is 42.5. The van der Waals surface area contributed by atoms with Crippen molar-refractivity contribution in [2.45, 2.75) is 102 Å². The van der Waals surface area contributed by atoms with Crippen LogP contribution in [0, 0.1) is 30.1 Å². The second-order valence-corrected chi connectivity index (χ2v) is 16.0. The molecule has 0 aliphatic heterocycles. The highest BCUT2D eigenvalue weighted by Gasteiger charge is 2.35. The third kappa shape index (κ3) is 15.8. The molecule has 278 valence electrons. The number of alkyl halides is 3. The summed E-state index contributed by atoms with van der Waals surface area (Å²) >= 11 is 0. The molecule has 4 N–H and O–H groups in total. The number of hydrogen-bond acceptors (Lipinski definition) is 7. The first-order valence-electron chi connectivity index (χ1n) is 17.0. The summed E-state index contributed by atoms with van der Waals surface area (Å²) in [4.78, 5) is 28.4. The Morgan fingerprint density at radius 2 is 1.65 bits per heavy atom. The summed E-state index contributed by atoms with van der Waals surface area (Å²) in [5.74, 6) is -0.510. The molecule has 1 fully saturated rings. The van der Waals surface area contributed by atoms with Crippen LogP contribution in [0.3, 0.4) is 0 Å². The molecule has 49 heavy (non-hydrogen) atoms. The number of benzene rings is 1. The summed E-state index contributed by atoms with van der Waals surface area (Å²) in [5.41, 5.74) is 0.665. The van der Waals surface area contributed by atoms with Gasteiger partial charge in [-0.1, -0.05) is 76.3 Å². The van der Waals surface area contributed by atoms with Crippen molar-refractivity contribution in [2.75, 3.05) is 39.5 Å². The molecule has 1 aliphatic carbocycles. The lowest BCUT2D eigenvalue weighted by atomic mass is 9.82. The lowest BCUT2D eigenvalue weighted by Crippen LogP contribution is -2.56. The maximum Gasteiger partial charge on any atom is 0.401 e. The van der Waals surface area contributed by atoms with E-state index in [1.807, 2.05) is 13.8 Å². The number of nitrogens with one attached hydrogen (secondary N) is 2. The molecule has 0 radical (unpaired) electrons. The fourth-order valence-electron chi connectivity index (χ4n) is 6.20. The van der Waals surface area contributed by atoms with Crippen molar-refractivity contribution in [2.24, 2.45) is 17.8 Å². The lowest BCUT2D eigenvalue weighted by molar-refractivity contribution is -0.143. The quantitative estimate of drug-likeness (QED) is 0.152. The number of aliphatic hydroxyl groups excluding tert-OH is 2. The second kappa shape index (κ2) is 20.2. The predicted molar refractivity (Wildman–Crippen MR) is 184 cm³/mol. The van der Waals surface area contributed by atoms with Crippen molar-refractivity contribution in [1.29, 1.82) is 0 Å². The normalized spacial score (nSPS) is 17.7. The molecule has 1 saturated carbocycles. The van der Waals surface area contributed by atoms with E-state index in [-0.39, 0.29) is 37.8 Å². The van der Waals surface area contributed by atoms with Crippen LogP contribution in [-0.2, 0) is 26.0 Å². The number of likely N-dealkylation sites (N-methyl/N-ethyl adjacent to an activating group) is 2. The number of carbonyl (C=O) groups is 2. The van der Waals surface area contributed by atoms with Crippen LogP contribution in [0.25, 0.3) is 0 Å². The van der Waals surface area contributed by atoms with Gasteiger partial charge in [0.25, 0.3) is 0 Å². The molecular formula is C35H55F3N4O6S. The maximum atomic E-state index is 13.8. The van der Waals surface area contributed by atoms with Gasteiger partial charge in [-0.2, -0.15) is 13.2 Å². The van der Waals surface area contributed by atoms with E-state index < -0.39 is 70.5 Å². The van der Waals surface area contributed by atoms with Gasteiger partial charge in [-0.25, -0.2) is 12.7 Å². The number of rotatable bonds is 20. The molecular weight excluding hydrogens is 661 g/mol. The zero-order valence-corrected chi connectivity index (χ0v) is 30.0. The first-order chi connectivity index (χ1) is 22.9. The van der Waals surface area contributed by atoms with Crippen LogP contribution in [0.5, 0.6) is 0 Å². The van der Waals surface area contributed by atoms with E-state index >= 15 is 0 Å². The minimum absolute atomic E-state index is 0.00251. The topological polar surface area (TPSA) is 139 Å². The SMILES string of the molecule is C#CC[C@H](NC(=O)[C@H](Cc1ccccc1)CS(=O)(=O)N(C)CCN(C)CC(F)(F)F)C(=O)NC(CC1CCCCC1)[C@@H](O)[C@@H](O)CC(C)C. The highest BCUT2D eigenvalue weighted by molar-refractivity contribution is 7.89. The van der Waals surface area contributed by atoms with Gasteiger partial charge in [-0.3, -0.25) is 14.5 Å². The molecule has 1 aromatic carbocycles. The summed E-state index contributed by atoms with van der Waals surface area (Å²) in [7, 11) is -1.66. The molecule has 0 heterocycles. The number of terminal acetylenes is 1. The van der Waals surface area contributed by atoms with Crippen LogP contribution in [0.1, 0.15) is 70.8 Å². The molecule has 10 nitrogen and oxygen atoms in total. The van der Waals surface area contributed by atoms with Crippen LogP contribution in [0.2, 0.25) is 0 Å². The number of sulfonamides is 1. The Kier molecular flexibility index (Phi) is 17.5. The lowest BCUT2D eigenvalue weighted by Gasteiger charge is -2.33. The Hall–Kier alpha value is -2.70.